The number of allylic oxidation sites excluding steroid dienone is 4. The zero-order chi connectivity index (χ0) is 25.9. The van der Waals surface area contributed by atoms with E-state index in [1.54, 1.807) is 0 Å². The highest BCUT2D eigenvalue weighted by Gasteiger charge is 2.45. The minimum atomic E-state index is -2.58. The third-order valence-corrected chi connectivity index (χ3v) is 10.3. The second kappa shape index (κ2) is 13.0. The normalized spacial score (nSPS) is 20.8. The first-order chi connectivity index (χ1) is 18.1. The summed E-state index contributed by atoms with van der Waals surface area (Å²) in [7, 11) is 1.28. The summed E-state index contributed by atoms with van der Waals surface area (Å²) in [5.74, 6) is 0. The number of hydrogen-bond donors (Lipinski definition) is 0. The van der Waals surface area contributed by atoms with Gasteiger partial charge < -0.3 is 4.57 Å². The van der Waals surface area contributed by atoms with Gasteiger partial charge in [-0.3, -0.25) is 4.67 Å². The standard InChI is InChI=1S/C18H20NOP.C16H14/c1-19(2)21(20)17(15-9-5-3-6-10-15)13-14-18(21)16-11-7-4-8-12-16;1-3-9-15(10-4-1)13-7-8-14-16-11-5-2-6-12-16/h3-14,17-18H,1-2H3;1-14H/b;13-7+,14-8+/t17-,18+,21?;. The van der Waals surface area contributed by atoms with Crippen molar-refractivity contribution in [2.24, 2.45) is 0 Å². The summed E-state index contributed by atoms with van der Waals surface area (Å²) >= 11 is 0. The van der Waals surface area contributed by atoms with Crippen molar-refractivity contribution in [3.63, 3.8) is 0 Å². The molecule has 4 aromatic carbocycles. The van der Waals surface area contributed by atoms with E-state index in [0.29, 0.717) is 0 Å². The van der Waals surface area contributed by atoms with Crippen molar-refractivity contribution in [1.29, 1.82) is 0 Å². The van der Waals surface area contributed by atoms with Crippen LogP contribution in [0, 0.1) is 0 Å². The maximum Gasteiger partial charge on any atom is 0.171 e. The molecule has 3 heteroatoms. The summed E-state index contributed by atoms with van der Waals surface area (Å²) in [4.78, 5) is 0. The number of nitrogens with zero attached hydrogens (tertiary/aromatic N) is 1. The van der Waals surface area contributed by atoms with Crippen molar-refractivity contribution in [3.8, 4) is 0 Å². The molecule has 0 radical (unpaired) electrons. The Morgan fingerprint density at radius 2 is 0.865 bits per heavy atom. The molecule has 0 spiro atoms. The highest BCUT2D eigenvalue weighted by molar-refractivity contribution is 7.63. The Morgan fingerprint density at radius 3 is 1.19 bits per heavy atom. The van der Waals surface area contributed by atoms with Gasteiger partial charge in [0.15, 0.2) is 7.29 Å². The summed E-state index contributed by atoms with van der Waals surface area (Å²) in [5, 5.41) is 0. The zero-order valence-electron chi connectivity index (χ0n) is 21.5. The van der Waals surface area contributed by atoms with E-state index in [1.807, 2.05) is 91.6 Å². The molecule has 0 fully saturated rings. The van der Waals surface area contributed by atoms with Gasteiger partial charge in [-0.2, -0.15) is 0 Å². The van der Waals surface area contributed by atoms with E-state index < -0.39 is 7.29 Å². The second-order valence-corrected chi connectivity index (χ2v) is 12.4. The van der Waals surface area contributed by atoms with E-state index >= 15 is 0 Å². The van der Waals surface area contributed by atoms with Crippen LogP contribution >= 0.6 is 7.29 Å². The molecule has 0 amide bonds. The maximum atomic E-state index is 13.8. The first kappa shape index (κ1) is 26.4. The van der Waals surface area contributed by atoms with Gasteiger partial charge in [0.05, 0.1) is 11.3 Å². The van der Waals surface area contributed by atoms with E-state index in [-0.39, 0.29) is 11.3 Å². The molecule has 4 aromatic rings. The summed E-state index contributed by atoms with van der Waals surface area (Å²) in [6.45, 7) is 0. The lowest BCUT2D eigenvalue weighted by Gasteiger charge is -2.32. The molecule has 1 aliphatic rings. The van der Waals surface area contributed by atoms with Crippen LogP contribution in [0.2, 0.25) is 0 Å². The Bertz CT molecular complexity index is 1260. The third kappa shape index (κ3) is 6.74. The monoisotopic (exact) mass is 503 g/mol. The average Bonchev–Trinajstić information content (AvgIpc) is 3.32. The molecule has 37 heavy (non-hydrogen) atoms. The smallest absolute Gasteiger partial charge is 0.171 e. The molecule has 1 unspecified atom stereocenters. The van der Waals surface area contributed by atoms with Crippen molar-refractivity contribution in [2.75, 3.05) is 14.1 Å². The Morgan fingerprint density at radius 1 is 0.541 bits per heavy atom. The van der Waals surface area contributed by atoms with E-state index in [0.717, 1.165) is 11.1 Å². The number of hydrogen-bond acceptors (Lipinski definition) is 1. The molecule has 1 heterocycles. The largest absolute Gasteiger partial charge is 0.305 e. The molecule has 0 saturated heterocycles. The van der Waals surface area contributed by atoms with E-state index in [1.165, 1.54) is 11.1 Å². The molecule has 186 valence electrons. The minimum absolute atomic E-state index is 0.0288. The van der Waals surface area contributed by atoms with Gasteiger partial charge in [-0.25, -0.2) is 0 Å². The lowest BCUT2D eigenvalue weighted by Crippen LogP contribution is -2.15. The quantitative estimate of drug-likeness (QED) is 0.148. The molecular formula is C34H34NOP. The van der Waals surface area contributed by atoms with Crippen LogP contribution in [0.3, 0.4) is 0 Å². The van der Waals surface area contributed by atoms with Crippen molar-refractivity contribution in [1.82, 2.24) is 4.67 Å². The summed E-state index contributed by atoms with van der Waals surface area (Å²) in [6.07, 6.45) is 12.5. The SMILES string of the molecule is C(/C=C/c1ccccc1)=C\c1ccccc1.CN(C)P1(=O)[C@@H](c2ccccc2)C=C[C@H]1c1ccccc1. The Labute approximate surface area is 221 Å². The van der Waals surface area contributed by atoms with E-state index in [4.69, 9.17) is 0 Å². The predicted molar refractivity (Wildman–Crippen MR) is 160 cm³/mol. The number of benzene rings is 4. The molecule has 0 N–H and O–H groups in total. The van der Waals surface area contributed by atoms with Crippen LogP contribution in [-0.4, -0.2) is 18.8 Å². The van der Waals surface area contributed by atoms with E-state index in [2.05, 4.69) is 85.0 Å². The first-order valence-electron chi connectivity index (χ1n) is 12.6. The van der Waals surface area contributed by atoms with Crippen LogP contribution in [0.5, 0.6) is 0 Å². The maximum absolute atomic E-state index is 13.8. The average molecular weight is 504 g/mol. The van der Waals surface area contributed by atoms with Crippen molar-refractivity contribution >= 4 is 19.4 Å². The van der Waals surface area contributed by atoms with Crippen molar-refractivity contribution in [3.05, 3.63) is 168 Å². The van der Waals surface area contributed by atoms with Crippen LogP contribution in [0.4, 0.5) is 0 Å². The summed E-state index contributed by atoms with van der Waals surface area (Å²) < 4.78 is 15.8. The van der Waals surface area contributed by atoms with Gasteiger partial charge in [0.2, 0.25) is 0 Å². The molecule has 5 rings (SSSR count). The Hall–Kier alpha value is -3.71. The summed E-state index contributed by atoms with van der Waals surface area (Å²) in [5.41, 5.74) is 4.65. The van der Waals surface area contributed by atoms with Gasteiger partial charge in [0.25, 0.3) is 0 Å². The third-order valence-electron chi connectivity index (χ3n) is 6.47. The van der Waals surface area contributed by atoms with Gasteiger partial charge in [0, 0.05) is 0 Å². The van der Waals surface area contributed by atoms with Crippen LogP contribution < -0.4 is 0 Å². The zero-order valence-corrected chi connectivity index (χ0v) is 22.4. The lowest BCUT2D eigenvalue weighted by molar-refractivity contribution is 0.505. The Kier molecular flexibility index (Phi) is 9.27. The van der Waals surface area contributed by atoms with E-state index in [9.17, 15) is 4.57 Å². The highest BCUT2D eigenvalue weighted by atomic mass is 31.2. The Balaban J connectivity index is 0.000000180. The fourth-order valence-electron chi connectivity index (χ4n) is 4.54. The molecular weight excluding hydrogens is 469 g/mol. The van der Waals surface area contributed by atoms with Crippen LogP contribution in [0.1, 0.15) is 33.6 Å². The minimum Gasteiger partial charge on any atom is -0.305 e. The molecule has 0 aliphatic carbocycles. The van der Waals surface area contributed by atoms with Gasteiger partial charge >= 0.3 is 0 Å². The van der Waals surface area contributed by atoms with Crippen molar-refractivity contribution < 1.29 is 4.57 Å². The van der Waals surface area contributed by atoms with Gasteiger partial charge in [-0.05, 0) is 36.3 Å². The van der Waals surface area contributed by atoms with Crippen LogP contribution in [-0.2, 0) is 4.57 Å². The fraction of sp³-hybridized carbons (Fsp3) is 0.118. The number of rotatable bonds is 6. The first-order valence-corrected chi connectivity index (χ1v) is 14.4. The molecule has 0 aromatic heterocycles. The molecule has 2 nitrogen and oxygen atoms in total. The highest BCUT2D eigenvalue weighted by Crippen LogP contribution is 2.74. The van der Waals surface area contributed by atoms with Gasteiger partial charge in [-0.1, -0.05) is 158 Å². The second-order valence-electron chi connectivity index (χ2n) is 9.16. The topological polar surface area (TPSA) is 20.3 Å². The molecule has 1 aliphatic heterocycles. The fourth-order valence-corrected chi connectivity index (χ4v) is 7.77. The van der Waals surface area contributed by atoms with Crippen LogP contribution in [0.25, 0.3) is 12.2 Å². The van der Waals surface area contributed by atoms with Gasteiger partial charge in [0.1, 0.15) is 0 Å². The lowest BCUT2D eigenvalue weighted by atomic mass is 10.1. The molecule has 3 atom stereocenters. The van der Waals surface area contributed by atoms with Gasteiger partial charge in [-0.15, -0.1) is 0 Å². The molecule has 0 bridgehead atoms. The van der Waals surface area contributed by atoms with Crippen LogP contribution in [0.15, 0.2) is 146 Å². The van der Waals surface area contributed by atoms with Crippen molar-refractivity contribution in [2.45, 2.75) is 11.3 Å². The molecule has 0 saturated carbocycles. The summed E-state index contributed by atoms with van der Waals surface area (Å²) in [6, 6.07) is 40.9. The predicted octanol–water partition coefficient (Wildman–Crippen LogP) is 9.29.